The molecule has 0 saturated carbocycles. The van der Waals surface area contributed by atoms with E-state index in [1.54, 1.807) is 7.11 Å². The molecule has 1 aliphatic carbocycles. The van der Waals surface area contributed by atoms with Gasteiger partial charge in [-0.1, -0.05) is 36.4 Å². The van der Waals surface area contributed by atoms with Crippen molar-refractivity contribution < 1.29 is 14.3 Å². The zero-order valence-electron chi connectivity index (χ0n) is 17.2. The third kappa shape index (κ3) is 3.86. The van der Waals surface area contributed by atoms with Gasteiger partial charge in [0.25, 0.3) is 0 Å². The fourth-order valence-electron chi connectivity index (χ4n) is 4.55. The minimum absolute atomic E-state index is 0.129. The van der Waals surface area contributed by atoms with Gasteiger partial charge in [-0.2, -0.15) is 0 Å². The van der Waals surface area contributed by atoms with E-state index in [0.29, 0.717) is 32.6 Å². The van der Waals surface area contributed by atoms with Crippen molar-refractivity contribution in [2.24, 2.45) is 0 Å². The van der Waals surface area contributed by atoms with Crippen LogP contribution in [-0.2, 0) is 22.4 Å². The average Bonchev–Trinajstić information content (AvgIpc) is 3.19. The lowest BCUT2D eigenvalue weighted by Crippen LogP contribution is -2.51. The normalized spacial score (nSPS) is 18.5. The molecule has 0 N–H and O–H groups in total. The van der Waals surface area contributed by atoms with E-state index in [0.717, 1.165) is 35.3 Å². The van der Waals surface area contributed by atoms with Crippen LogP contribution in [0.1, 0.15) is 34.6 Å². The second-order valence-electron chi connectivity index (χ2n) is 7.93. The largest absolute Gasteiger partial charge is 0.496 e. The van der Waals surface area contributed by atoms with Gasteiger partial charge in [0.05, 0.1) is 19.4 Å². The van der Waals surface area contributed by atoms with Crippen LogP contribution >= 0.6 is 0 Å². The average molecular weight is 392 g/mol. The van der Waals surface area contributed by atoms with Gasteiger partial charge in [-0.25, -0.2) is 0 Å². The van der Waals surface area contributed by atoms with Gasteiger partial charge in [-0.3, -0.25) is 9.59 Å². The van der Waals surface area contributed by atoms with Crippen molar-refractivity contribution in [3.05, 3.63) is 64.7 Å². The van der Waals surface area contributed by atoms with Gasteiger partial charge in [-0.15, -0.1) is 0 Å². The van der Waals surface area contributed by atoms with Gasteiger partial charge in [-0.05, 0) is 42.5 Å². The molecule has 5 heteroatoms. The summed E-state index contributed by atoms with van der Waals surface area (Å²) in [4.78, 5) is 29.7. The molecule has 0 bridgehead atoms. The quantitative estimate of drug-likeness (QED) is 0.804. The number of carbonyl (C=O) groups excluding carboxylic acids is 2. The summed E-state index contributed by atoms with van der Waals surface area (Å²) < 4.78 is 5.52. The second-order valence-corrected chi connectivity index (χ2v) is 7.93. The van der Waals surface area contributed by atoms with Crippen molar-refractivity contribution in [3.8, 4) is 5.75 Å². The van der Waals surface area contributed by atoms with E-state index in [-0.39, 0.29) is 17.7 Å². The maximum absolute atomic E-state index is 13.2. The molecule has 2 amide bonds. The van der Waals surface area contributed by atoms with Crippen LogP contribution in [0.2, 0.25) is 0 Å². The van der Waals surface area contributed by atoms with E-state index in [1.165, 1.54) is 5.56 Å². The SMILES string of the molecule is COc1cccc2c1C(C(=O)N1CCN(C(=O)Cc3ccccc3C)CC1)CC2. The first-order valence-electron chi connectivity index (χ1n) is 10.4. The number of hydrogen-bond acceptors (Lipinski definition) is 3. The van der Waals surface area contributed by atoms with Gasteiger partial charge in [0.1, 0.15) is 5.75 Å². The fourth-order valence-corrected chi connectivity index (χ4v) is 4.55. The molecule has 29 heavy (non-hydrogen) atoms. The van der Waals surface area contributed by atoms with Gasteiger partial charge in [0.15, 0.2) is 0 Å². The summed E-state index contributed by atoms with van der Waals surface area (Å²) in [5.41, 5.74) is 4.49. The van der Waals surface area contributed by atoms with Crippen LogP contribution < -0.4 is 4.74 Å². The summed E-state index contributed by atoms with van der Waals surface area (Å²) in [7, 11) is 1.66. The summed E-state index contributed by atoms with van der Waals surface area (Å²) >= 11 is 0. The molecule has 2 aromatic rings. The second kappa shape index (κ2) is 8.27. The van der Waals surface area contributed by atoms with Crippen LogP contribution in [0.15, 0.2) is 42.5 Å². The number of methoxy groups -OCH3 is 1. The zero-order chi connectivity index (χ0) is 20.4. The first-order valence-corrected chi connectivity index (χ1v) is 10.4. The van der Waals surface area contributed by atoms with Gasteiger partial charge >= 0.3 is 0 Å². The van der Waals surface area contributed by atoms with Crippen molar-refractivity contribution in [1.29, 1.82) is 0 Å². The van der Waals surface area contributed by atoms with Crippen molar-refractivity contribution in [1.82, 2.24) is 9.80 Å². The zero-order valence-corrected chi connectivity index (χ0v) is 17.2. The van der Waals surface area contributed by atoms with Crippen molar-refractivity contribution in [2.45, 2.75) is 32.1 Å². The molecule has 1 heterocycles. The van der Waals surface area contributed by atoms with Gasteiger partial charge < -0.3 is 14.5 Å². The number of rotatable bonds is 4. The summed E-state index contributed by atoms with van der Waals surface area (Å²) in [5, 5.41) is 0. The van der Waals surface area contributed by atoms with Crippen LogP contribution in [0, 0.1) is 6.92 Å². The van der Waals surface area contributed by atoms with Crippen LogP contribution in [0.25, 0.3) is 0 Å². The molecule has 1 unspecified atom stereocenters. The number of aryl methyl sites for hydroxylation is 2. The number of hydrogen-bond donors (Lipinski definition) is 0. The summed E-state index contributed by atoms with van der Waals surface area (Å²) in [5.74, 6) is 0.985. The number of nitrogens with zero attached hydrogens (tertiary/aromatic N) is 2. The number of ether oxygens (including phenoxy) is 1. The standard InChI is InChI=1S/C24H28N2O3/c1-17-6-3-4-7-19(17)16-22(27)25-12-14-26(15-13-25)24(28)20-11-10-18-8-5-9-21(29-2)23(18)20/h3-9,20H,10-16H2,1-2H3. The smallest absolute Gasteiger partial charge is 0.230 e. The lowest BCUT2D eigenvalue weighted by Gasteiger charge is -2.36. The molecular weight excluding hydrogens is 364 g/mol. The minimum Gasteiger partial charge on any atom is -0.496 e. The Labute approximate surface area is 172 Å². The van der Waals surface area contributed by atoms with Crippen LogP contribution in [0.5, 0.6) is 5.75 Å². The Hall–Kier alpha value is -2.82. The van der Waals surface area contributed by atoms with Crippen LogP contribution in [0.4, 0.5) is 0 Å². The van der Waals surface area contributed by atoms with Crippen molar-refractivity contribution in [3.63, 3.8) is 0 Å². The lowest BCUT2D eigenvalue weighted by molar-refractivity contribution is -0.140. The fraction of sp³-hybridized carbons (Fsp3) is 0.417. The van der Waals surface area contributed by atoms with Crippen molar-refractivity contribution in [2.75, 3.05) is 33.3 Å². The summed E-state index contributed by atoms with van der Waals surface area (Å²) in [6, 6.07) is 14.0. The number of piperazine rings is 1. The molecule has 4 rings (SSSR count). The highest BCUT2D eigenvalue weighted by atomic mass is 16.5. The number of fused-ring (bicyclic) bond motifs is 1. The van der Waals surface area contributed by atoms with Crippen molar-refractivity contribution >= 4 is 11.8 Å². The maximum Gasteiger partial charge on any atom is 0.230 e. The highest BCUT2D eigenvalue weighted by Crippen LogP contribution is 2.40. The summed E-state index contributed by atoms with van der Waals surface area (Å²) in [6.45, 7) is 4.43. The maximum atomic E-state index is 13.2. The molecule has 1 aliphatic heterocycles. The molecule has 1 fully saturated rings. The molecular formula is C24H28N2O3. The predicted molar refractivity (Wildman–Crippen MR) is 112 cm³/mol. The Morgan fingerprint density at radius 1 is 1.00 bits per heavy atom. The highest BCUT2D eigenvalue weighted by Gasteiger charge is 2.35. The molecule has 2 aromatic carbocycles. The molecule has 1 saturated heterocycles. The molecule has 0 aromatic heterocycles. The molecule has 1 atom stereocenters. The summed E-state index contributed by atoms with van der Waals surface area (Å²) in [6.07, 6.45) is 2.17. The molecule has 152 valence electrons. The Morgan fingerprint density at radius 3 is 2.45 bits per heavy atom. The Bertz CT molecular complexity index is 916. The van der Waals surface area contributed by atoms with E-state index in [2.05, 4.69) is 6.07 Å². The van der Waals surface area contributed by atoms with E-state index in [9.17, 15) is 9.59 Å². The third-order valence-electron chi connectivity index (χ3n) is 6.27. The van der Waals surface area contributed by atoms with E-state index >= 15 is 0 Å². The van der Waals surface area contributed by atoms with E-state index < -0.39 is 0 Å². The first kappa shape index (κ1) is 19.5. The molecule has 0 radical (unpaired) electrons. The van der Waals surface area contributed by atoms with Gasteiger partial charge in [0.2, 0.25) is 11.8 Å². The van der Waals surface area contributed by atoms with Crippen LogP contribution in [0.3, 0.4) is 0 Å². The molecule has 0 spiro atoms. The third-order valence-corrected chi connectivity index (χ3v) is 6.27. The highest BCUT2D eigenvalue weighted by molar-refractivity contribution is 5.86. The lowest BCUT2D eigenvalue weighted by atomic mass is 9.98. The van der Waals surface area contributed by atoms with Gasteiger partial charge in [0, 0.05) is 31.7 Å². The topological polar surface area (TPSA) is 49.9 Å². The predicted octanol–water partition coefficient (Wildman–Crippen LogP) is 2.95. The molecule has 2 aliphatic rings. The Kier molecular flexibility index (Phi) is 5.56. The number of carbonyl (C=O) groups is 2. The molecule has 5 nitrogen and oxygen atoms in total. The number of amides is 2. The van der Waals surface area contributed by atoms with Crippen LogP contribution in [-0.4, -0.2) is 54.9 Å². The van der Waals surface area contributed by atoms with E-state index in [4.69, 9.17) is 4.74 Å². The Balaban J connectivity index is 1.38. The Morgan fingerprint density at radius 2 is 1.72 bits per heavy atom. The number of benzene rings is 2. The van der Waals surface area contributed by atoms with E-state index in [1.807, 2.05) is 53.1 Å². The monoisotopic (exact) mass is 392 g/mol. The minimum atomic E-state index is -0.129. The first-order chi connectivity index (χ1) is 14.1.